The van der Waals surface area contributed by atoms with Gasteiger partial charge in [0.1, 0.15) is 12.4 Å². The van der Waals surface area contributed by atoms with E-state index in [1.165, 1.54) is 24.3 Å². The number of aromatic nitrogens is 1. The third kappa shape index (κ3) is 5.66. The number of carbonyl (C=O) groups is 2. The van der Waals surface area contributed by atoms with E-state index in [2.05, 4.69) is 5.32 Å². The van der Waals surface area contributed by atoms with Gasteiger partial charge in [0.25, 0.3) is 0 Å². The molecule has 0 unspecified atom stereocenters. The van der Waals surface area contributed by atoms with Crippen LogP contribution in [0.15, 0.2) is 42.5 Å². The summed E-state index contributed by atoms with van der Waals surface area (Å²) < 4.78 is 59.1. The summed E-state index contributed by atoms with van der Waals surface area (Å²) in [6.07, 6.45) is -2.16. The number of hydrogen-bond acceptors (Lipinski definition) is 3. The van der Waals surface area contributed by atoms with Gasteiger partial charge in [0.2, 0.25) is 5.91 Å². The molecule has 0 spiro atoms. The molecule has 9 heteroatoms. The molecule has 1 amide bonds. The van der Waals surface area contributed by atoms with Gasteiger partial charge in [-0.25, -0.2) is 4.39 Å². The van der Waals surface area contributed by atoms with Crippen LogP contribution in [-0.2, 0) is 46.3 Å². The molecular weight excluding hydrogens is 464 g/mol. The topological polar surface area (TPSA) is 60.3 Å². The molecule has 1 aliphatic carbocycles. The summed E-state index contributed by atoms with van der Waals surface area (Å²) in [5, 5.41) is 3.72. The maximum absolute atomic E-state index is 14.0. The maximum Gasteiger partial charge on any atom is 0.416 e. The monoisotopic (exact) mass is 490 g/mol. The number of esters is 1. The summed E-state index contributed by atoms with van der Waals surface area (Å²) in [4.78, 5) is 24.7. The Labute approximate surface area is 200 Å². The van der Waals surface area contributed by atoms with Crippen molar-refractivity contribution < 1.29 is 31.9 Å². The SMILES string of the molecule is CCOC(=O)Cn1c2c(c3cc(F)ccc31)C[C@@H](NC(=O)CCc1ccc(C(F)(F)F)cc1)CC2. The molecule has 1 N–H and O–H groups in total. The van der Waals surface area contributed by atoms with Crippen LogP contribution in [-0.4, -0.2) is 29.1 Å². The zero-order valence-electron chi connectivity index (χ0n) is 19.3. The lowest BCUT2D eigenvalue weighted by Gasteiger charge is -2.25. The van der Waals surface area contributed by atoms with Gasteiger partial charge in [0.05, 0.1) is 12.2 Å². The summed E-state index contributed by atoms with van der Waals surface area (Å²) in [6.45, 7) is 2.05. The number of rotatable bonds is 7. The van der Waals surface area contributed by atoms with E-state index in [4.69, 9.17) is 4.74 Å². The molecule has 0 radical (unpaired) electrons. The Morgan fingerprint density at radius 1 is 1.14 bits per heavy atom. The molecule has 0 fully saturated rings. The Balaban J connectivity index is 1.43. The molecule has 1 aliphatic rings. The van der Waals surface area contributed by atoms with E-state index in [1.54, 1.807) is 13.0 Å². The molecular formula is C26H26F4N2O3. The van der Waals surface area contributed by atoms with E-state index in [9.17, 15) is 27.2 Å². The number of amides is 1. The molecule has 1 atom stereocenters. The molecule has 186 valence electrons. The highest BCUT2D eigenvalue weighted by molar-refractivity contribution is 5.87. The number of alkyl halides is 3. The first kappa shape index (κ1) is 24.8. The van der Waals surface area contributed by atoms with Crippen LogP contribution in [0.3, 0.4) is 0 Å². The van der Waals surface area contributed by atoms with Crippen LogP contribution >= 0.6 is 0 Å². The van der Waals surface area contributed by atoms with Crippen molar-refractivity contribution >= 4 is 22.8 Å². The first-order chi connectivity index (χ1) is 16.7. The van der Waals surface area contributed by atoms with Crippen molar-refractivity contribution in [3.05, 3.63) is 70.7 Å². The third-order valence-corrected chi connectivity index (χ3v) is 6.31. The van der Waals surface area contributed by atoms with Gasteiger partial charge >= 0.3 is 12.1 Å². The van der Waals surface area contributed by atoms with Crippen LogP contribution in [0.4, 0.5) is 17.6 Å². The van der Waals surface area contributed by atoms with Crippen molar-refractivity contribution in [2.45, 2.75) is 57.8 Å². The fraction of sp³-hybridized carbons (Fsp3) is 0.385. The second kappa shape index (κ2) is 10.1. The fourth-order valence-corrected chi connectivity index (χ4v) is 4.68. The number of nitrogens with one attached hydrogen (secondary N) is 1. The van der Waals surface area contributed by atoms with Crippen molar-refractivity contribution in [3.8, 4) is 0 Å². The van der Waals surface area contributed by atoms with Crippen molar-refractivity contribution in [1.29, 1.82) is 0 Å². The molecule has 0 bridgehead atoms. The second-order valence-electron chi connectivity index (χ2n) is 8.68. The van der Waals surface area contributed by atoms with Crippen molar-refractivity contribution in [2.24, 2.45) is 0 Å². The zero-order chi connectivity index (χ0) is 25.2. The average molecular weight is 490 g/mol. The van der Waals surface area contributed by atoms with Crippen LogP contribution < -0.4 is 5.32 Å². The summed E-state index contributed by atoms with van der Waals surface area (Å²) >= 11 is 0. The van der Waals surface area contributed by atoms with E-state index >= 15 is 0 Å². The van der Waals surface area contributed by atoms with Gasteiger partial charge in [0, 0.05) is 29.1 Å². The number of halogens is 4. The van der Waals surface area contributed by atoms with E-state index in [0.29, 0.717) is 36.6 Å². The van der Waals surface area contributed by atoms with E-state index in [-0.39, 0.29) is 43.3 Å². The average Bonchev–Trinajstić information content (AvgIpc) is 3.09. The minimum atomic E-state index is -4.39. The highest BCUT2D eigenvalue weighted by Gasteiger charge is 2.30. The Hall–Kier alpha value is -3.36. The fourth-order valence-electron chi connectivity index (χ4n) is 4.68. The Morgan fingerprint density at radius 2 is 1.89 bits per heavy atom. The van der Waals surface area contributed by atoms with Crippen LogP contribution in [0.5, 0.6) is 0 Å². The molecule has 1 aromatic heterocycles. The van der Waals surface area contributed by atoms with Gasteiger partial charge in [-0.05, 0) is 74.1 Å². The predicted molar refractivity (Wildman–Crippen MR) is 122 cm³/mol. The lowest BCUT2D eigenvalue weighted by Crippen LogP contribution is -2.39. The number of hydrogen-bond donors (Lipinski definition) is 1. The number of aryl methyl sites for hydroxylation is 1. The lowest BCUT2D eigenvalue weighted by molar-refractivity contribution is -0.143. The van der Waals surface area contributed by atoms with Gasteiger partial charge in [-0.3, -0.25) is 9.59 Å². The smallest absolute Gasteiger partial charge is 0.416 e. The number of carbonyl (C=O) groups excluding carboxylic acids is 2. The third-order valence-electron chi connectivity index (χ3n) is 6.31. The number of nitrogens with zero attached hydrogens (tertiary/aromatic N) is 1. The van der Waals surface area contributed by atoms with Gasteiger partial charge in [-0.15, -0.1) is 0 Å². The predicted octanol–water partition coefficient (Wildman–Crippen LogP) is 4.97. The van der Waals surface area contributed by atoms with Crippen LogP contribution in [0.1, 0.15) is 42.1 Å². The molecule has 0 saturated heterocycles. The Kier molecular flexibility index (Phi) is 7.14. The highest BCUT2D eigenvalue weighted by Crippen LogP contribution is 2.33. The number of fused-ring (bicyclic) bond motifs is 3. The minimum absolute atomic E-state index is 0.0372. The summed E-state index contributed by atoms with van der Waals surface area (Å²) in [6, 6.07) is 9.10. The molecule has 2 aromatic carbocycles. The molecule has 3 aromatic rings. The first-order valence-electron chi connectivity index (χ1n) is 11.6. The van der Waals surface area contributed by atoms with Crippen LogP contribution in [0.25, 0.3) is 10.9 Å². The van der Waals surface area contributed by atoms with Gasteiger partial charge in [0.15, 0.2) is 0 Å². The summed E-state index contributed by atoms with van der Waals surface area (Å²) in [5.74, 6) is -0.939. The normalized spacial score (nSPS) is 15.6. The molecule has 0 saturated carbocycles. The van der Waals surface area contributed by atoms with Gasteiger partial charge in [-0.1, -0.05) is 12.1 Å². The Morgan fingerprint density at radius 3 is 2.57 bits per heavy atom. The molecule has 5 nitrogen and oxygen atoms in total. The number of benzene rings is 2. The maximum atomic E-state index is 14.0. The highest BCUT2D eigenvalue weighted by atomic mass is 19.4. The zero-order valence-corrected chi connectivity index (χ0v) is 19.3. The molecule has 35 heavy (non-hydrogen) atoms. The second-order valence-corrected chi connectivity index (χ2v) is 8.68. The van der Waals surface area contributed by atoms with Crippen LogP contribution in [0.2, 0.25) is 0 Å². The summed E-state index contributed by atoms with van der Waals surface area (Å²) in [5.41, 5.74) is 2.52. The van der Waals surface area contributed by atoms with E-state index in [0.717, 1.165) is 28.9 Å². The first-order valence-corrected chi connectivity index (χ1v) is 11.6. The Bertz CT molecular complexity index is 1230. The standard InChI is InChI=1S/C26H26F4N2O3/c1-2-35-25(34)15-32-22-10-8-18(27)13-20(22)21-14-19(9-11-23(21)32)31-24(33)12-5-16-3-6-17(7-4-16)26(28,29)30/h3-4,6-8,10,13,19H,2,5,9,11-12,14-15H2,1H3,(H,31,33)/t19-/m0/s1. The molecule has 1 heterocycles. The van der Waals surface area contributed by atoms with Crippen LogP contribution in [0, 0.1) is 5.82 Å². The van der Waals surface area contributed by atoms with Crippen molar-refractivity contribution in [2.75, 3.05) is 6.61 Å². The van der Waals surface area contributed by atoms with Crippen molar-refractivity contribution in [3.63, 3.8) is 0 Å². The minimum Gasteiger partial charge on any atom is -0.465 e. The van der Waals surface area contributed by atoms with Crippen molar-refractivity contribution in [1.82, 2.24) is 9.88 Å². The van der Waals surface area contributed by atoms with E-state index < -0.39 is 11.7 Å². The summed E-state index contributed by atoms with van der Waals surface area (Å²) in [7, 11) is 0. The largest absolute Gasteiger partial charge is 0.465 e. The molecule has 0 aliphatic heterocycles. The van der Waals surface area contributed by atoms with Gasteiger partial charge in [-0.2, -0.15) is 13.2 Å². The molecule has 4 rings (SSSR count). The van der Waals surface area contributed by atoms with Gasteiger partial charge < -0.3 is 14.6 Å². The van der Waals surface area contributed by atoms with E-state index in [1.807, 2.05) is 4.57 Å². The quantitative estimate of drug-likeness (QED) is 0.376. The number of ether oxygens (including phenoxy) is 1. The lowest BCUT2D eigenvalue weighted by atomic mass is 9.91.